The maximum atomic E-state index is 13.3. The van der Waals surface area contributed by atoms with Gasteiger partial charge >= 0.3 is 0 Å². The van der Waals surface area contributed by atoms with E-state index in [-0.39, 0.29) is 34.1 Å². The van der Waals surface area contributed by atoms with E-state index in [1.54, 1.807) is 44.2 Å². The number of hydrogen-bond donors (Lipinski definition) is 3. The highest BCUT2D eigenvalue weighted by atomic mass is 16.6. The van der Waals surface area contributed by atoms with Gasteiger partial charge in [-0.2, -0.15) is 0 Å². The standard InChI is InChI=1S/C26H28O7/c1-25(2)13-12-16-20(29)18(17(28)11-8-14-6-9-15(27)10-7-14)23-19(22(16)32-25)21(30)24(31-5)26(3,4)33-23/h6-13,21,24,27,29-30H,1-5H3/b11-8+/t21-,24?/m0/s1. The number of rotatable bonds is 4. The lowest BCUT2D eigenvalue weighted by molar-refractivity contribution is -0.130. The number of carbonyl (C=O) groups excluding carboxylic acids is 1. The zero-order chi connectivity index (χ0) is 24.1. The number of aromatic hydroxyl groups is 2. The van der Waals surface area contributed by atoms with Crippen LogP contribution in [0.1, 0.15) is 60.8 Å². The average molecular weight is 453 g/mol. The number of hydrogen-bond acceptors (Lipinski definition) is 7. The summed E-state index contributed by atoms with van der Waals surface area (Å²) in [4.78, 5) is 13.3. The normalized spacial score (nSPS) is 22.2. The van der Waals surface area contributed by atoms with Crippen LogP contribution in [0.4, 0.5) is 0 Å². The van der Waals surface area contributed by atoms with Crippen LogP contribution in [0.15, 0.2) is 36.4 Å². The molecule has 174 valence electrons. The Morgan fingerprint density at radius 3 is 2.36 bits per heavy atom. The van der Waals surface area contributed by atoms with Gasteiger partial charge in [0.1, 0.15) is 52.0 Å². The SMILES string of the molecule is COC1[C@@H](O)c2c3c(c(O)c(C(=O)/C=C/c4ccc(O)cc4)c2OC1(C)C)C=CC(C)(C)O3. The highest BCUT2D eigenvalue weighted by Gasteiger charge is 2.48. The lowest BCUT2D eigenvalue weighted by Gasteiger charge is -2.44. The van der Waals surface area contributed by atoms with E-state index in [9.17, 15) is 20.1 Å². The molecule has 2 aromatic carbocycles. The van der Waals surface area contributed by atoms with Crippen molar-refractivity contribution in [2.75, 3.05) is 7.11 Å². The predicted octanol–water partition coefficient (Wildman–Crippen LogP) is 4.40. The monoisotopic (exact) mass is 452 g/mol. The largest absolute Gasteiger partial charge is 0.508 e. The minimum atomic E-state index is -1.15. The van der Waals surface area contributed by atoms with Crippen LogP contribution in [0, 0.1) is 0 Å². The Morgan fingerprint density at radius 1 is 1.06 bits per heavy atom. The fraction of sp³-hybridized carbons (Fsp3) is 0.346. The molecule has 1 unspecified atom stereocenters. The fourth-order valence-corrected chi connectivity index (χ4v) is 4.29. The molecule has 0 saturated carbocycles. The van der Waals surface area contributed by atoms with Crippen LogP contribution in [-0.2, 0) is 4.74 Å². The number of methoxy groups -OCH3 is 1. The molecule has 2 aromatic rings. The maximum absolute atomic E-state index is 13.3. The molecule has 2 aliphatic rings. The molecular weight excluding hydrogens is 424 g/mol. The van der Waals surface area contributed by atoms with Gasteiger partial charge in [0.15, 0.2) is 5.78 Å². The minimum absolute atomic E-state index is 0.0617. The number of carbonyl (C=O) groups is 1. The van der Waals surface area contributed by atoms with Crippen molar-refractivity contribution in [3.63, 3.8) is 0 Å². The van der Waals surface area contributed by atoms with Gasteiger partial charge in [-0.15, -0.1) is 0 Å². The molecule has 7 nitrogen and oxygen atoms in total. The van der Waals surface area contributed by atoms with Crippen molar-refractivity contribution in [1.29, 1.82) is 0 Å². The van der Waals surface area contributed by atoms with Gasteiger partial charge in [0, 0.05) is 7.11 Å². The second-order valence-electron chi connectivity index (χ2n) is 9.34. The summed E-state index contributed by atoms with van der Waals surface area (Å²) in [5.74, 6) is -0.332. The van der Waals surface area contributed by atoms with Crippen molar-refractivity contribution < 1.29 is 34.3 Å². The van der Waals surface area contributed by atoms with E-state index in [0.29, 0.717) is 11.1 Å². The van der Waals surface area contributed by atoms with Crippen molar-refractivity contribution in [2.45, 2.75) is 51.1 Å². The topological polar surface area (TPSA) is 105 Å². The predicted molar refractivity (Wildman–Crippen MR) is 124 cm³/mol. The summed E-state index contributed by atoms with van der Waals surface area (Å²) in [7, 11) is 1.48. The second-order valence-corrected chi connectivity index (χ2v) is 9.34. The van der Waals surface area contributed by atoms with Crippen molar-refractivity contribution in [3.8, 4) is 23.0 Å². The molecule has 0 spiro atoms. The number of aliphatic hydroxyl groups excluding tert-OH is 1. The van der Waals surface area contributed by atoms with E-state index in [0.717, 1.165) is 0 Å². The molecule has 7 heteroatoms. The zero-order valence-electron chi connectivity index (χ0n) is 19.2. The molecule has 0 radical (unpaired) electrons. The Balaban J connectivity index is 1.90. The number of ketones is 1. The Bertz CT molecular complexity index is 1160. The number of allylic oxidation sites excluding steroid dienone is 1. The van der Waals surface area contributed by atoms with Gasteiger partial charge in [0.2, 0.25) is 0 Å². The second kappa shape index (κ2) is 7.93. The third-order valence-corrected chi connectivity index (χ3v) is 5.92. The van der Waals surface area contributed by atoms with Gasteiger partial charge in [0.25, 0.3) is 0 Å². The first-order chi connectivity index (χ1) is 15.4. The summed E-state index contributed by atoms with van der Waals surface area (Å²) in [6.07, 6.45) is 4.46. The number of phenolic OH excluding ortho intramolecular Hbond substituents is 2. The lowest BCUT2D eigenvalue weighted by atomic mass is 9.83. The average Bonchev–Trinajstić information content (AvgIpc) is 2.72. The minimum Gasteiger partial charge on any atom is -0.508 e. The Labute approximate surface area is 192 Å². The van der Waals surface area contributed by atoms with E-state index in [1.165, 1.54) is 25.3 Å². The highest BCUT2D eigenvalue weighted by molar-refractivity contribution is 6.12. The molecule has 2 heterocycles. The van der Waals surface area contributed by atoms with Crippen molar-refractivity contribution in [1.82, 2.24) is 0 Å². The summed E-state index contributed by atoms with van der Waals surface area (Å²) in [6, 6.07) is 6.34. The summed E-state index contributed by atoms with van der Waals surface area (Å²) in [5.41, 5.74) is -0.476. The molecule has 0 bridgehead atoms. The molecule has 0 amide bonds. The summed E-state index contributed by atoms with van der Waals surface area (Å²) >= 11 is 0. The number of fused-ring (bicyclic) bond motifs is 3. The number of ether oxygens (including phenoxy) is 3. The van der Waals surface area contributed by atoms with Crippen LogP contribution >= 0.6 is 0 Å². The Kier molecular flexibility index (Phi) is 5.50. The quantitative estimate of drug-likeness (QED) is 0.466. The van der Waals surface area contributed by atoms with Gasteiger partial charge in [0.05, 0.1) is 11.1 Å². The molecule has 2 atom stereocenters. The highest BCUT2D eigenvalue weighted by Crippen LogP contribution is 2.54. The van der Waals surface area contributed by atoms with Crippen molar-refractivity contribution in [2.24, 2.45) is 0 Å². The van der Waals surface area contributed by atoms with Gasteiger partial charge in [-0.25, -0.2) is 0 Å². The zero-order valence-corrected chi connectivity index (χ0v) is 19.2. The fourth-order valence-electron chi connectivity index (χ4n) is 4.29. The summed E-state index contributed by atoms with van der Waals surface area (Å²) in [5, 5.41) is 31.9. The van der Waals surface area contributed by atoms with Gasteiger partial charge in [-0.05, 0) is 63.6 Å². The van der Waals surface area contributed by atoms with Crippen LogP contribution in [0.5, 0.6) is 23.0 Å². The van der Waals surface area contributed by atoms with Crippen LogP contribution in [0.3, 0.4) is 0 Å². The molecule has 0 fully saturated rings. The first kappa shape index (κ1) is 22.9. The van der Waals surface area contributed by atoms with Crippen LogP contribution < -0.4 is 9.47 Å². The van der Waals surface area contributed by atoms with Gasteiger partial charge < -0.3 is 29.5 Å². The third kappa shape index (κ3) is 3.98. The van der Waals surface area contributed by atoms with Crippen molar-refractivity contribution >= 4 is 17.9 Å². The number of benzene rings is 2. The first-order valence-electron chi connectivity index (χ1n) is 10.7. The van der Waals surface area contributed by atoms with Crippen LogP contribution in [0.2, 0.25) is 0 Å². The molecule has 2 aliphatic heterocycles. The van der Waals surface area contributed by atoms with Crippen molar-refractivity contribution in [3.05, 3.63) is 58.7 Å². The third-order valence-electron chi connectivity index (χ3n) is 5.92. The lowest BCUT2D eigenvalue weighted by Crippen LogP contribution is -2.50. The molecule has 4 rings (SSSR count). The van der Waals surface area contributed by atoms with E-state index in [1.807, 2.05) is 13.8 Å². The first-order valence-corrected chi connectivity index (χ1v) is 10.7. The smallest absolute Gasteiger partial charge is 0.193 e. The van der Waals surface area contributed by atoms with Crippen LogP contribution in [-0.4, -0.2) is 45.5 Å². The maximum Gasteiger partial charge on any atom is 0.193 e. The Hall–Kier alpha value is -3.29. The number of phenols is 2. The summed E-state index contributed by atoms with van der Waals surface area (Å²) in [6.45, 7) is 7.19. The number of aliphatic hydroxyl groups is 1. The van der Waals surface area contributed by atoms with E-state index in [4.69, 9.17) is 14.2 Å². The van der Waals surface area contributed by atoms with Gasteiger partial charge in [-0.1, -0.05) is 18.2 Å². The molecule has 0 aliphatic carbocycles. The molecule has 0 saturated heterocycles. The van der Waals surface area contributed by atoms with E-state index in [2.05, 4.69) is 0 Å². The molecule has 3 N–H and O–H groups in total. The molecule has 0 aromatic heterocycles. The van der Waals surface area contributed by atoms with E-state index < -0.39 is 29.2 Å². The molecular formula is C26H28O7. The van der Waals surface area contributed by atoms with E-state index >= 15 is 0 Å². The molecule has 33 heavy (non-hydrogen) atoms. The Morgan fingerprint density at radius 2 is 1.73 bits per heavy atom. The van der Waals surface area contributed by atoms with Crippen LogP contribution in [0.25, 0.3) is 12.2 Å². The summed E-state index contributed by atoms with van der Waals surface area (Å²) < 4.78 is 17.8. The van der Waals surface area contributed by atoms with Gasteiger partial charge in [-0.3, -0.25) is 4.79 Å².